The van der Waals surface area contributed by atoms with E-state index in [-0.39, 0.29) is 0 Å². The summed E-state index contributed by atoms with van der Waals surface area (Å²) in [5, 5.41) is 4.10. The van der Waals surface area contributed by atoms with Gasteiger partial charge in [0.2, 0.25) is 0 Å². The number of nitrogens with zero attached hydrogens (tertiary/aromatic N) is 2. The van der Waals surface area contributed by atoms with Gasteiger partial charge in [0.1, 0.15) is 11.3 Å². The summed E-state index contributed by atoms with van der Waals surface area (Å²) < 4.78 is 10.7. The Balaban J connectivity index is 1.77. The van der Waals surface area contributed by atoms with Gasteiger partial charge in [-0.15, -0.1) is 0 Å². The lowest BCUT2D eigenvalue weighted by Gasteiger charge is -2.02. The van der Waals surface area contributed by atoms with Gasteiger partial charge in [0.15, 0.2) is 5.58 Å². The van der Waals surface area contributed by atoms with Gasteiger partial charge in [-0.25, -0.2) is 5.43 Å². The zero-order valence-corrected chi connectivity index (χ0v) is 10.9. The van der Waals surface area contributed by atoms with Crippen molar-refractivity contribution < 1.29 is 9.15 Å². The predicted octanol–water partition coefficient (Wildman–Crippen LogP) is 3.28. The zero-order chi connectivity index (χ0) is 13.8. The van der Waals surface area contributed by atoms with Crippen LogP contribution in [0, 0.1) is 0 Å². The number of para-hydroxylation sites is 3. The molecular formula is C15H13N3O2. The van der Waals surface area contributed by atoms with Crippen LogP contribution >= 0.6 is 0 Å². The van der Waals surface area contributed by atoms with E-state index in [0.717, 1.165) is 22.4 Å². The second-order valence-corrected chi connectivity index (χ2v) is 4.10. The molecular weight excluding hydrogens is 254 g/mol. The summed E-state index contributed by atoms with van der Waals surface area (Å²) in [7, 11) is 1.63. The molecule has 0 amide bonds. The Bertz CT molecular complexity index is 716. The molecule has 0 aliphatic heterocycles. The highest BCUT2D eigenvalue weighted by molar-refractivity contribution is 5.84. The Labute approximate surface area is 115 Å². The first-order valence-corrected chi connectivity index (χ1v) is 6.14. The Morgan fingerprint density at radius 1 is 1.15 bits per heavy atom. The van der Waals surface area contributed by atoms with E-state index in [9.17, 15) is 0 Å². The van der Waals surface area contributed by atoms with Crippen molar-refractivity contribution in [1.29, 1.82) is 0 Å². The first-order chi connectivity index (χ1) is 9.86. The molecule has 0 saturated heterocycles. The number of ether oxygens (including phenoxy) is 1. The van der Waals surface area contributed by atoms with Crippen LogP contribution in [-0.2, 0) is 0 Å². The molecule has 1 heterocycles. The highest BCUT2D eigenvalue weighted by Gasteiger charge is 2.03. The van der Waals surface area contributed by atoms with Crippen LogP contribution in [0.3, 0.4) is 0 Å². The molecule has 0 aliphatic carbocycles. The molecule has 1 aromatic heterocycles. The topological polar surface area (TPSA) is 59.6 Å². The largest absolute Gasteiger partial charge is 0.496 e. The molecule has 3 rings (SSSR count). The van der Waals surface area contributed by atoms with E-state index < -0.39 is 0 Å². The second-order valence-electron chi connectivity index (χ2n) is 4.10. The number of nitrogens with one attached hydrogen (secondary N) is 1. The molecule has 0 unspecified atom stereocenters. The van der Waals surface area contributed by atoms with Crippen LogP contribution in [0.5, 0.6) is 5.75 Å². The number of benzene rings is 2. The maximum absolute atomic E-state index is 5.50. The normalized spacial score (nSPS) is 11.1. The minimum Gasteiger partial charge on any atom is -0.496 e. The predicted molar refractivity (Wildman–Crippen MR) is 78.2 cm³/mol. The summed E-state index contributed by atoms with van der Waals surface area (Å²) in [6.45, 7) is 0. The SMILES string of the molecule is COc1ccccc1/C=N/Nc1nc2ccccc2o1. The number of hydrogen-bond donors (Lipinski definition) is 1. The maximum Gasteiger partial charge on any atom is 0.316 e. The summed E-state index contributed by atoms with van der Waals surface area (Å²) in [6, 6.07) is 15.5. The smallest absolute Gasteiger partial charge is 0.316 e. The molecule has 2 aromatic carbocycles. The Kier molecular flexibility index (Phi) is 3.33. The van der Waals surface area contributed by atoms with Gasteiger partial charge >= 0.3 is 6.01 Å². The molecule has 0 radical (unpaired) electrons. The first-order valence-electron chi connectivity index (χ1n) is 6.14. The number of fused-ring (bicyclic) bond motifs is 1. The number of hydrazone groups is 1. The van der Waals surface area contributed by atoms with Gasteiger partial charge in [0.05, 0.1) is 13.3 Å². The minimum absolute atomic E-state index is 0.359. The van der Waals surface area contributed by atoms with Crippen molar-refractivity contribution in [2.45, 2.75) is 0 Å². The van der Waals surface area contributed by atoms with Crippen molar-refractivity contribution >= 4 is 23.3 Å². The number of methoxy groups -OCH3 is 1. The van der Waals surface area contributed by atoms with Crippen molar-refractivity contribution in [1.82, 2.24) is 4.98 Å². The number of rotatable bonds is 4. The van der Waals surface area contributed by atoms with E-state index >= 15 is 0 Å². The molecule has 100 valence electrons. The molecule has 5 nitrogen and oxygen atoms in total. The third kappa shape index (κ3) is 2.47. The highest BCUT2D eigenvalue weighted by Crippen LogP contribution is 2.18. The lowest BCUT2D eigenvalue weighted by Crippen LogP contribution is -1.93. The van der Waals surface area contributed by atoms with Crippen molar-refractivity contribution in [3.8, 4) is 5.75 Å². The lowest BCUT2D eigenvalue weighted by atomic mass is 10.2. The zero-order valence-electron chi connectivity index (χ0n) is 10.9. The van der Waals surface area contributed by atoms with Crippen molar-refractivity contribution in [2.75, 3.05) is 12.5 Å². The van der Waals surface area contributed by atoms with Crippen molar-refractivity contribution in [2.24, 2.45) is 5.10 Å². The van der Waals surface area contributed by atoms with Gasteiger partial charge in [0.25, 0.3) is 0 Å². The third-order valence-electron chi connectivity index (χ3n) is 2.80. The van der Waals surface area contributed by atoms with Crippen LogP contribution < -0.4 is 10.2 Å². The van der Waals surface area contributed by atoms with Crippen molar-refractivity contribution in [3.63, 3.8) is 0 Å². The minimum atomic E-state index is 0.359. The Hall–Kier alpha value is -2.82. The summed E-state index contributed by atoms with van der Waals surface area (Å²) in [4.78, 5) is 4.26. The van der Waals surface area contributed by atoms with Crippen LogP contribution in [0.4, 0.5) is 6.01 Å². The second kappa shape index (κ2) is 5.44. The molecule has 0 atom stereocenters. The number of oxazole rings is 1. The highest BCUT2D eigenvalue weighted by atomic mass is 16.5. The summed E-state index contributed by atoms with van der Waals surface area (Å²) >= 11 is 0. The third-order valence-corrected chi connectivity index (χ3v) is 2.80. The molecule has 0 fully saturated rings. The summed E-state index contributed by atoms with van der Waals surface area (Å²) in [5.41, 5.74) is 5.16. The molecule has 0 spiro atoms. The van der Waals surface area contributed by atoms with Crippen LogP contribution in [0.1, 0.15) is 5.56 Å². The van der Waals surface area contributed by atoms with Gasteiger partial charge in [-0.1, -0.05) is 24.3 Å². The van der Waals surface area contributed by atoms with E-state index in [4.69, 9.17) is 9.15 Å². The molecule has 0 saturated carbocycles. The van der Waals surface area contributed by atoms with Crippen LogP contribution in [-0.4, -0.2) is 18.3 Å². The summed E-state index contributed by atoms with van der Waals surface area (Å²) in [6.07, 6.45) is 1.66. The molecule has 3 aromatic rings. The molecule has 0 bridgehead atoms. The van der Waals surface area contributed by atoms with Gasteiger partial charge < -0.3 is 9.15 Å². The van der Waals surface area contributed by atoms with Gasteiger partial charge in [0, 0.05) is 5.56 Å². The fourth-order valence-corrected chi connectivity index (χ4v) is 1.85. The number of anilines is 1. The Morgan fingerprint density at radius 2 is 1.95 bits per heavy atom. The molecule has 20 heavy (non-hydrogen) atoms. The van der Waals surface area contributed by atoms with E-state index in [1.165, 1.54) is 0 Å². The van der Waals surface area contributed by atoms with E-state index in [1.807, 2.05) is 48.5 Å². The molecule has 0 aliphatic rings. The summed E-state index contributed by atoms with van der Waals surface area (Å²) in [5.74, 6) is 0.760. The number of aromatic nitrogens is 1. The standard InChI is InChI=1S/C15H13N3O2/c1-19-13-8-4-2-6-11(13)10-16-18-15-17-12-7-3-5-9-14(12)20-15/h2-10H,1H3,(H,17,18)/b16-10+. The van der Waals surface area contributed by atoms with Crippen LogP contribution in [0.15, 0.2) is 58.0 Å². The fourth-order valence-electron chi connectivity index (χ4n) is 1.85. The van der Waals surface area contributed by atoms with Crippen molar-refractivity contribution in [3.05, 3.63) is 54.1 Å². The van der Waals surface area contributed by atoms with Gasteiger partial charge in [-0.2, -0.15) is 10.1 Å². The van der Waals surface area contributed by atoms with E-state index in [2.05, 4.69) is 15.5 Å². The van der Waals surface area contributed by atoms with Gasteiger partial charge in [-0.3, -0.25) is 0 Å². The average Bonchev–Trinajstić information content (AvgIpc) is 2.90. The molecule has 1 N–H and O–H groups in total. The lowest BCUT2D eigenvalue weighted by molar-refractivity contribution is 0.414. The Morgan fingerprint density at radius 3 is 2.80 bits per heavy atom. The quantitative estimate of drug-likeness (QED) is 0.582. The monoisotopic (exact) mass is 267 g/mol. The van der Waals surface area contributed by atoms with Gasteiger partial charge in [-0.05, 0) is 24.3 Å². The first kappa shape index (κ1) is 12.2. The molecule has 5 heteroatoms. The fraction of sp³-hybridized carbons (Fsp3) is 0.0667. The van der Waals surface area contributed by atoms with Crippen LogP contribution in [0.2, 0.25) is 0 Å². The number of hydrogen-bond acceptors (Lipinski definition) is 5. The van der Waals surface area contributed by atoms with E-state index in [1.54, 1.807) is 13.3 Å². The van der Waals surface area contributed by atoms with Crippen LogP contribution in [0.25, 0.3) is 11.1 Å². The maximum atomic E-state index is 5.50. The van der Waals surface area contributed by atoms with E-state index in [0.29, 0.717) is 6.01 Å². The average molecular weight is 267 g/mol.